The highest BCUT2D eigenvalue weighted by Crippen LogP contribution is 2.49. The molecule has 47 heavy (non-hydrogen) atoms. The Morgan fingerprint density at radius 2 is 1.94 bits per heavy atom. The van der Waals surface area contributed by atoms with Crippen molar-refractivity contribution >= 4 is 23.2 Å². The normalized spacial score (nSPS) is 17.9. The van der Waals surface area contributed by atoms with Crippen LogP contribution in [0, 0.1) is 5.82 Å². The van der Waals surface area contributed by atoms with Crippen LogP contribution in [-0.2, 0) is 19.3 Å². The van der Waals surface area contributed by atoms with E-state index in [0.717, 1.165) is 48.1 Å². The van der Waals surface area contributed by atoms with Gasteiger partial charge in [-0.1, -0.05) is 29.4 Å². The van der Waals surface area contributed by atoms with E-state index in [1.165, 1.54) is 23.5 Å². The molecular weight excluding hydrogens is 621 g/mol. The molecule has 3 aromatic heterocycles. The third-order valence-corrected chi connectivity index (χ3v) is 10.5. The molecule has 1 aliphatic carbocycles. The van der Waals surface area contributed by atoms with Gasteiger partial charge in [0.2, 0.25) is 0 Å². The number of methoxy groups -OCH3 is 1. The van der Waals surface area contributed by atoms with Crippen LogP contribution in [0.4, 0.5) is 4.39 Å². The summed E-state index contributed by atoms with van der Waals surface area (Å²) in [6, 6.07) is 15.5. The molecule has 8 rings (SSSR count). The quantitative estimate of drug-likeness (QED) is 0.217. The Morgan fingerprint density at radius 3 is 2.72 bits per heavy atom. The van der Waals surface area contributed by atoms with E-state index in [0.29, 0.717) is 57.2 Å². The van der Waals surface area contributed by atoms with Crippen LogP contribution in [-0.4, -0.2) is 45.5 Å². The number of amides is 2. The lowest BCUT2D eigenvalue weighted by atomic mass is 9.93. The Morgan fingerprint density at radius 1 is 1.09 bits per heavy atom. The highest BCUT2D eigenvalue weighted by Gasteiger charge is 2.44. The van der Waals surface area contributed by atoms with E-state index < -0.39 is 5.76 Å². The van der Waals surface area contributed by atoms with Crippen molar-refractivity contribution in [3.8, 4) is 27.6 Å². The number of pyridine rings is 1. The molecule has 3 aliphatic rings. The maximum absolute atomic E-state index is 14.0. The second kappa shape index (κ2) is 11.6. The van der Waals surface area contributed by atoms with Gasteiger partial charge in [-0.15, -0.1) is 11.3 Å². The van der Waals surface area contributed by atoms with Crippen LogP contribution in [0.2, 0.25) is 0 Å². The Balaban J connectivity index is 1.21. The van der Waals surface area contributed by atoms with Crippen LogP contribution in [0.3, 0.4) is 0 Å². The number of H-pyrrole nitrogens is 1. The van der Waals surface area contributed by atoms with Gasteiger partial charge in [0.25, 0.3) is 11.8 Å². The number of benzene rings is 2. The highest BCUT2D eigenvalue weighted by atomic mass is 32.1. The third kappa shape index (κ3) is 5.03. The van der Waals surface area contributed by atoms with E-state index in [4.69, 9.17) is 14.2 Å². The predicted molar refractivity (Wildman–Crippen MR) is 172 cm³/mol. The number of aryl methyl sites for hydroxylation is 2. The molecule has 1 fully saturated rings. The fraction of sp³-hybridized carbons (Fsp3) is 0.286. The van der Waals surface area contributed by atoms with Gasteiger partial charge in [0.05, 0.1) is 46.6 Å². The van der Waals surface area contributed by atoms with E-state index in [1.54, 1.807) is 25.3 Å². The lowest BCUT2D eigenvalue weighted by Crippen LogP contribution is -2.26. The molecule has 0 unspecified atom stereocenters. The fourth-order valence-electron chi connectivity index (χ4n) is 7.27. The van der Waals surface area contributed by atoms with Gasteiger partial charge < -0.3 is 15.0 Å². The van der Waals surface area contributed by atoms with Gasteiger partial charge in [-0.25, -0.2) is 9.18 Å². The lowest BCUT2D eigenvalue weighted by molar-refractivity contribution is 0.0776. The van der Waals surface area contributed by atoms with Crippen LogP contribution in [0.1, 0.15) is 79.5 Å². The van der Waals surface area contributed by atoms with Crippen LogP contribution in [0.5, 0.6) is 5.75 Å². The van der Waals surface area contributed by atoms with E-state index in [2.05, 4.69) is 15.5 Å². The fourth-order valence-corrected chi connectivity index (χ4v) is 8.24. The number of hydrogen-bond donors (Lipinski definition) is 2. The topological polar surface area (TPSA) is 130 Å². The van der Waals surface area contributed by atoms with Crippen molar-refractivity contribution in [3.05, 3.63) is 109 Å². The number of fused-ring (bicyclic) bond motifs is 4. The van der Waals surface area contributed by atoms with Crippen molar-refractivity contribution in [2.75, 3.05) is 13.7 Å². The minimum Gasteiger partial charge on any atom is -0.496 e. The van der Waals surface area contributed by atoms with Gasteiger partial charge in [0.1, 0.15) is 11.6 Å². The van der Waals surface area contributed by atoms with Crippen LogP contribution >= 0.6 is 11.3 Å². The first kappa shape index (κ1) is 29.3. The monoisotopic (exact) mass is 651 g/mol. The largest absolute Gasteiger partial charge is 0.496 e. The van der Waals surface area contributed by atoms with Crippen molar-refractivity contribution in [1.82, 2.24) is 25.3 Å². The molecule has 0 spiro atoms. The zero-order chi connectivity index (χ0) is 32.2. The van der Waals surface area contributed by atoms with Crippen molar-refractivity contribution in [1.29, 1.82) is 0 Å². The molecule has 0 bridgehead atoms. The first-order chi connectivity index (χ1) is 22.9. The van der Waals surface area contributed by atoms with E-state index in [1.807, 2.05) is 29.2 Å². The molecule has 0 saturated carbocycles. The number of nitrogens with one attached hydrogen (secondary N) is 2. The number of aromatic amines is 1. The first-order valence-electron chi connectivity index (χ1n) is 15.6. The molecule has 5 heterocycles. The Labute approximate surface area is 272 Å². The molecule has 238 valence electrons. The zero-order valence-corrected chi connectivity index (χ0v) is 26.3. The molecule has 12 heteroatoms. The SMILES string of the molecule is COc1cccc2c1CC[C@@H]2NC(=O)c1ccc(-c2c3c(nc(CCc4ccc(F)cc4)c2-c2noc(=O)[nH]2)[C@H]2CCCN2C3=O)s1. The van der Waals surface area contributed by atoms with Crippen molar-refractivity contribution < 1.29 is 23.2 Å². The number of nitrogens with zero attached hydrogens (tertiary/aromatic N) is 3. The zero-order valence-electron chi connectivity index (χ0n) is 25.5. The second-order valence-corrected chi connectivity index (χ2v) is 13.1. The van der Waals surface area contributed by atoms with Gasteiger partial charge in [-0.2, -0.15) is 0 Å². The number of ether oxygens (including phenoxy) is 1. The second-order valence-electron chi connectivity index (χ2n) is 12.1. The molecule has 0 radical (unpaired) electrons. The average molecular weight is 652 g/mol. The lowest BCUT2D eigenvalue weighted by Gasteiger charge is -2.16. The summed E-state index contributed by atoms with van der Waals surface area (Å²) in [6.45, 7) is 0.631. The average Bonchev–Trinajstić information content (AvgIpc) is 3.92. The summed E-state index contributed by atoms with van der Waals surface area (Å²) in [5, 5.41) is 7.22. The summed E-state index contributed by atoms with van der Waals surface area (Å²) in [4.78, 5) is 50.6. The number of halogens is 1. The maximum Gasteiger partial charge on any atom is 0.439 e. The minimum absolute atomic E-state index is 0.127. The summed E-state index contributed by atoms with van der Waals surface area (Å²) < 4.78 is 24.1. The summed E-state index contributed by atoms with van der Waals surface area (Å²) in [7, 11) is 1.65. The summed E-state index contributed by atoms with van der Waals surface area (Å²) in [5.41, 5.74) is 5.92. The van der Waals surface area contributed by atoms with Crippen LogP contribution in [0.15, 0.2) is 63.9 Å². The summed E-state index contributed by atoms with van der Waals surface area (Å²) in [6.07, 6.45) is 4.23. The summed E-state index contributed by atoms with van der Waals surface area (Å²) >= 11 is 1.28. The number of rotatable bonds is 8. The van der Waals surface area contributed by atoms with Gasteiger partial charge in [-0.3, -0.25) is 24.1 Å². The number of carbonyl (C=O) groups excluding carboxylic acids is 2. The number of thiophene rings is 1. The maximum atomic E-state index is 14.0. The predicted octanol–water partition coefficient (Wildman–Crippen LogP) is 5.79. The number of hydrogen-bond acceptors (Lipinski definition) is 8. The van der Waals surface area contributed by atoms with Gasteiger partial charge in [0, 0.05) is 17.0 Å². The van der Waals surface area contributed by atoms with E-state index in [-0.39, 0.29) is 35.5 Å². The first-order valence-corrected chi connectivity index (χ1v) is 16.5. The molecule has 5 aromatic rings. The van der Waals surface area contributed by atoms with Gasteiger partial charge in [-0.05, 0) is 85.5 Å². The molecule has 2 aromatic carbocycles. The van der Waals surface area contributed by atoms with Crippen molar-refractivity contribution in [3.63, 3.8) is 0 Å². The van der Waals surface area contributed by atoms with Gasteiger partial charge >= 0.3 is 5.76 Å². The number of carbonyl (C=O) groups is 2. The van der Waals surface area contributed by atoms with Crippen molar-refractivity contribution in [2.45, 2.75) is 50.6 Å². The molecule has 2 N–H and O–H groups in total. The van der Waals surface area contributed by atoms with E-state index in [9.17, 15) is 18.8 Å². The highest BCUT2D eigenvalue weighted by molar-refractivity contribution is 7.17. The minimum atomic E-state index is -0.734. The molecular formula is C35H30FN5O5S. The van der Waals surface area contributed by atoms with Crippen LogP contribution < -0.4 is 15.8 Å². The third-order valence-electron chi connectivity index (χ3n) is 9.41. The van der Waals surface area contributed by atoms with Gasteiger partial charge in [0.15, 0.2) is 5.82 Å². The molecule has 2 atom stereocenters. The number of aromatic nitrogens is 3. The van der Waals surface area contributed by atoms with E-state index >= 15 is 0 Å². The molecule has 1 saturated heterocycles. The summed E-state index contributed by atoms with van der Waals surface area (Å²) in [5.74, 6) is -0.414. The molecule has 10 nitrogen and oxygen atoms in total. The van der Waals surface area contributed by atoms with Crippen molar-refractivity contribution in [2.24, 2.45) is 0 Å². The Hall–Kier alpha value is -5.10. The molecule has 2 amide bonds. The smallest absolute Gasteiger partial charge is 0.439 e. The molecule has 2 aliphatic heterocycles. The Bertz CT molecular complexity index is 2100. The standard InChI is InChI=1S/C35H30FN5O5S/c1-45-25-6-2-4-20-21(25)12-14-22(20)38-33(42)27-16-15-26(47-27)29-28(32-39-35(44)46-40-32)23(13-9-18-7-10-19(36)11-8-18)37-31-24-5-3-17-41(24)34(43)30(29)31/h2,4,6-8,10-11,15-16,22,24H,3,5,9,12-14,17H2,1H3,(H,38,42)(H,39,40,44)/t22-,24+/m0/s1. The van der Waals surface area contributed by atoms with Crippen LogP contribution in [0.25, 0.3) is 21.8 Å². The Kier molecular flexibility index (Phi) is 7.24.